The van der Waals surface area contributed by atoms with Gasteiger partial charge in [-0.1, -0.05) is 0 Å². The van der Waals surface area contributed by atoms with Gasteiger partial charge in [0.2, 0.25) is 5.91 Å². The van der Waals surface area contributed by atoms with Gasteiger partial charge in [0.1, 0.15) is 23.5 Å². The minimum absolute atomic E-state index is 0.188. The molecule has 1 saturated heterocycles. The topological polar surface area (TPSA) is 49.3 Å². The van der Waals surface area contributed by atoms with Crippen molar-refractivity contribution in [1.82, 2.24) is 14.9 Å². The first-order valence-corrected chi connectivity index (χ1v) is 8.37. The molecule has 1 aliphatic heterocycles. The number of amides is 1. The highest BCUT2D eigenvalue weighted by molar-refractivity contribution is 7.19. The lowest BCUT2D eigenvalue weighted by Gasteiger charge is -2.19. The summed E-state index contributed by atoms with van der Waals surface area (Å²) >= 11 is 1.80. The van der Waals surface area contributed by atoms with Crippen molar-refractivity contribution in [2.45, 2.75) is 32.6 Å². The maximum Gasteiger partial charge on any atom is 0.243 e. The second kappa shape index (κ2) is 4.94. The fourth-order valence-corrected chi connectivity index (χ4v) is 4.55. The van der Waals surface area contributed by atoms with E-state index in [0.717, 1.165) is 30.0 Å². The van der Waals surface area contributed by atoms with E-state index in [1.165, 1.54) is 28.7 Å². The van der Waals surface area contributed by atoms with Gasteiger partial charge in [-0.05, 0) is 38.2 Å². The Morgan fingerprint density at radius 3 is 2.95 bits per heavy atom. The number of aryl methyl sites for hydroxylation is 2. The van der Waals surface area contributed by atoms with Crippen LogP contribution in [0.3, 0.4) is 0 Å². The molecule has 1 amide bonds. The maximum absolute atomic E-state index is 12.0. The van der Waals surface area contributed by atoms with Crippen LogP contribution in [-0.2, 0) is 17.6 Å². The molecule has 0 atom stereocenters. The molecule has 0 aromatic carbocycles. The molecule has 0 bridgehead atoms. The largest absolute Gasteiger partial charge is 0.329 e. The zero-order valence-electron chi connectivity index (χ0n) is 12.1. The Balaban J connectivity index is 1.82. The minimum atomic E-state index is 0.188. The first kappa shape index (κ1) is 13.0. The minimum Gasteiger partial charge on any atom is -0.329 e. The highest BCUT2D eigenvalue weighted by Crippen LogP contribution is 2.39. The summed E-state index contributed by atoms with van der Waals surface area (Å²) in [5.74, 6) is 1.14. The molecular formula is C15H18N4OS. The van der Waals surface area contributed by atoms with Crippen LogP contribution in [0.15, 0.2) is 6.33 Å². The van der Waals surface area contributed by atoms with E-state index in [1.807, 2.05) is 11.8 Å². The number of thiophene rings is 1. The van der Waals surface area contributed by atoms with E-state index < -0.39 is 0 Å². The first-order valence-electron chi connectivity index (χ1n) is 7.56. The maximum atomic E-state index is 12.0. The predicted octanol–water partition coefficient (Wildman–Crippen LogP) is 2.20. The molecule has 5 nitrogen and oxygen atoms in total. The van der Waals surface area contributed by atoms with Crippen molar-refractivity contribution in [1.29, 1.82) is 0 Å². The summed E-state index contributed by atoms with van der Waals surface area (Å²) in [6, 6.07) is 0. The number of fused-ring (bicyclic) bond motifs is 3. The van der Waals surface area contributed by atoms with Crippen molar-refractivity contribution in [2.24, 2.45) is 0 Å². The Morgan fingerprint density at radius 2 is 2.14 bits per heavy atom. The third-order valence-corrected chi connectivity index (χ3v) is 5.63. The van der Waals surface area contributed by atoms with E-state index in [4.69, 9.17) is 0 Å². The zero-order valence-corrected chi connectivity index (χ0v) is 12.9. The molecule has 1 fully saturated rings. The molecule has 6 heteroatoms. The van der Waals surface area contributed by atoms with E-state index in [9.17, 15) is 4.79 Å². The second-order valence-electron chi connectivity index (χ2n) is 5.68. The summed E-state index contributed by atoms with van der Waals surface area (Å²) in [4.78, 5) is 27.5. The van der Waals surface area contributed by atoms with E-state index in [2.05, 4.69) is 14.9 Å². The van der Waals surface area contributed by atoms with Gasteiger partial charge in [-0.3, -0.25) is 4.79 Å². The quantitative estimate of drug-likeness (QED) is 0.853. The molecule has 4 rings (SSSR count). The number of aromatic nitrogens is 2. The van der Waals surface area contributed by atoms with Crippen LogP contribution in [0.1, 0.15) is 30.2 Å². The van der Waals surface area contributed by atoms with E-state index >= 15 is 0 Å². The number of hydrogen-bond donors (Lipinski definition) is 0. The number of anilines is 1. The fraction of sp³-hybridized carbons (Fsp3) is 0.533. The van der Waals surface area contributed by atoms with Crippen LogP contribution in [0.2, 0.25) is 0 Å². The first-order chi connectivity index (χ1) is 10.3. The lowest BCUT2D eigenvalue weighted by atomic mass is 9.97. The van der Waals surface area contributed by atoms with Crippen LogP contribution >= 0.6 is 11.3 Å². The van der Waals surface area contributed by atoms with Gasteiger partial charge in [-0.25, -0.2) is 9.97 Å². The molecule has 1 aliphatic carbocycles. The Morgan fingerprint density at radius 1 is 1.29 bits per heavy atom. The molecule has 0 unspecified atom stereocenters. The summed E-state index contributed by atoms with van der Waals surface area (Å²) in [5, 5.41) is 1.20. The van der Waals surface area contributed by atoms with E-state index in [1.54, 1.807) is 17.7 Å². The van der Waals surface area contributed by atoms with Crippen molar-refractivity contribution >= 4 is 33.3 Å². The van der Waals surface area contributed by atoms with Crippen LogP contribution in [0.25, 0.3) is 10.2 Å². The number of rotatable bonds is 2. The number of hydrogen-bond acceptors (Lipinski definition) is 5. The summed E-state index contributed by atoms with van der Waals surface area (Å²) < 4.78 is 0. The molecule has 0 spiro atoms. The number of carbonyl (C=O) groups is 1. The molecule has 2 aromatic heterocycles. The van der Waals surface area contributed by atoms with Crippen LogP contribution in [0.4, 0.5) is 5.82 Å². The van der Waals surface area contributed by atoms with Crippen LogP contribution in [-0.4, -0.2) is 40.5 Å². The number of carbonyl (C=O) groups excluding carboxylic acids is 1. The lowest BCUT2D eigenvalue weighted by molar-refractivity contribution is -0.126. The standard InChI is InChI=1S/C15H18N4OS/c1-2-18-9-19(7-12(18)20)14-13-10-5-3-4-6-11(10)21-15(13)17-8-16-14/h8H,2-7,9H2,1H3. The fourth-order valence-electron chi connectivity index (χ4n) is 3.33. The Hall–Kier alpha value is -1.69. The van der Waals surface area contributed by atoms with Gasteiger partial charge in [-0.2, -0.15) is 0 Å². The molecule has 0 N–H and O–H groups in total. The molecule has 2 aliphatic rings. The normalized spacial score (nSPS) is 18.6. The summed E-state index contributed by atoms with van der Waals surface area (Å²) in [7, 11) is 0. The second-order valence-corrected chi connectivity index (χ2v) is 6.76. The van der Waals surface area contributed by atoms with Gasteiger partial charge in [0.15, 0.2) is 0 Å². The number of likely N-dealkylation sites (N-methyl/N-ethyl adjacent to an activating group) is 1. The van der Waals surface area contributed by atoms with Crippen molar-refractivity contribution < 1.29 is 4.79 Å². The van der Waals surface area contributed by atoms with E-state index in [0.29, 0.717) is 13.2 Å². The molecule has 2 aromatic rings. The van der Waals surface area contributed by atoms with Gasteiger partial charge >= 0.3 is 0 Å². The molecule has 0 radical (unpaired) electrons. The molecular weight excluding hydrogens is 284 g/mol. The van der Waals surface area contributed by atoms with Crippen LogP contribution in [0, 0.1) is 0 Å². The highest BCUT2D eigenvalue weighted by Gasteiger charge is 2.30. The monoisotopic (exact) mass is 302 g/mol. The van der Waals surface area contributed by atoms with Crippen molar-refractivity contribution in [3.63, 3.8) is 0 Å². The molecule has 0 saturated carbocycles. The number of nitrogens with zero attached hydrogens (tertiary/aromatic N) is 4. The summed E-state index contributed by atoms with van der Waals surface area (Å²) in [6.45, 7) is 3.85. The Kier molecular flexibility index (Phi) is 3.06. The molecule has 21 heavy (non-hydrogen) atoms. The lowest BCUT2D eigenvalue weighted by Crippen LogP contribution is -2.27. The van der Waals surface area contributed by atoms with Gasteiger partial charge in [0.25, 0.3) is 0 Å². The van der Waals surface area contributed by atoms with Gasteiger partial charge in [0, 0.05) is 11.4 Å². The van der Waals surface area contributed by atoms with Gasteiger partial charge in [-0.15, -0.1) is 11.3 Å². The van der Waals surface area contributed by atoms with Gasteiger partial charge in [0.05, 0.1) is 12.1 Å². The van der Waals surface area contributed by atoms with Crippen molar-refractivity contribution in [3.05, 3.63) is 16.8 Å². The average molecular weight is 302 g/mol. The molecule has 110 valence electrons. The molecule has 3 heterocycles. The third kappa shape index (κ3) is 2.00. The average Bonchev–Trinajstić information content (AvgIpc) is 3.07. The summed E-state index contributed by atoms with van der Waals surface area (Å²) in [6.07, 6.45) is 6.44. The van der Waals surface area contributed by atoms with Crippen LogP contribution in [0.5, 0.6) is 0 Å². The van der Waals surface area contributed by atoms with Crippen molar-refractivity contribution in [2.75, 3.05) is 24.7 Å². The zero-order chi connectivity index (χ0) is 14.4. The summed E-state index contributed by atoms with van der Waals surface area (Å²) in [5.41, 5.74) is 1.43. The van der Waals surface area contributed by atoms with Crippen LogP contribution < -0.4 is 4.90 Å². The predicted molar refractivity (Wildman–Crippen MR) is 83.7 cm³/mol. The van der Waals surface area contributed by atoms with E-state index in [-0.39, 0.29) is 5.91 Å². The van der Waals surface area contributed by atoms with Crippen molar-refractivity contribution in [3.8, 4) is 0 Å². The third-order valence-electron chi connectivity index (χ3n) is 4.43. The Bertz CT molecular complexity index is 711. The van der Waals surface area contributed by atoms with Gasteiger partial charge < -0.3 is 9.80 Å². The smallest absolute Gasteiger partial charge is 0.243 e. The highest BCUT2D eigenvalue weighted by atomic mass is 32.1. The SMILES string of the molecule is CCN1CN(c2ncnc3sc4c(c23)CCCC4)CC1=O. The Labute approximate surface area is 127 Å².